The first-order chi connectivity index (χ1) is 9.36. The van der Waals surface area contributed by atoms with Crippen LogP contribution in [0.1, 0.15) is 29.8 Å². The smallest absolute Gasteiger partial charge is 0.339 e. The minimum absolute atomic E-state index is 0.0830. The van der Waals surface area contributed by atoms with Crippen LogP contribution in [0.25, 0.3) is 0 Å². The highest BCUT2D eigenvalue weighted by atomic mass is 16.4. The number of hydrogen-bond acceptors (Lipinski definition) is 5. The van der Waals surface area contributed by atoms with Crippen LogP contribution >= 0.6 is 0 Å². The minimum Gasteiger partial charge on any atom is -0.507 e. The molecule has 0 fully saturated rings. The number of carbonyl (C=O) groups excluding carboxylic acids is 1. The molecular weight excluding hydrogens is 264 g/mol. The van der Waals surface area contributed by atoms with E-state index in [1.165, 1.54) is 19.1 Å². The van der Waals surface area contributed by atoms with Gasteiger partial charge in [-0.05, 0) is 31.9 Å². The van der Waals surface area contributed by atoms with Gasteiger partial charge in [0.25, 0.3) is 5.91 Å². The number of oxime groups is 1. The van der Waals surface area contributed by atoms with Gasteiger partial charge in [-0.15, -0.1) is 0 Å². The molecule has 0 saturated heterocycles. The van der Waals surface area contributed by atoms with Crippen molar-refractivity contribution in [3.8, 4) is 5.75 Å². The largest absolute Gasteiger partial charge is 0.507 e. The lowest BCUT2D eigenvalue weighted by molar-refractivity contribution is -0.115. The highest BCUT2D eigenvalue weighted by Gasteiger charge is 2.16. The average Bonchev–Trinajstić information content (AvgIpc) is 2.39. The quantitative estimate of drug-likeness (QED) is 0.364. The SMILES string of the molecule is C/C(=N/O)C(=O)N[C@H](C)Cc1cccc(C(=O)O)c1O. The van der Waals surface area contributed by atoms with Gasteiger partial charge in [0.05, 0.1) is 0 Å². The number of carbonyl (C=O) groups is 2. The molecule has 0 aromatic heterocycles. The zero-order chi connectivity index (χ0) is 15.3. The summed E-state index contributed by atoms with van der Waals surface area (Å²) in [5.41, 5.74) is 0.144. The summed E-state index contributed by atoms with van der Waals surface area (Å²) >= 11 is 0. The number of aromatic hydroxyl groups is 1. The van der Waals surface area contributed by atoms with Crippen LogP contribution in [0.5, 0.6) is 5.75 Å². The molecule has 0 aliphatic carbocycles. The van der Waals surface area contributed by atoms with Gasteiger partial charge in [-0.3, -0.25) is 4.79 Å². The van der Waals surface area contributed by atoms with Crippen molar-refractivity contribution in [3.63, 3.8) is 0 Å². The summed E-state index contributed by atoms with van der Waals surface area (Å²) < 4.78 is 0. The highest BCUT2D eigenvalue weighted by Crippen LogP contribution is 2.23. The third-order valence-electron chi connectivity index (χ3n) is 2.73. The molecule has 0 saturated carbocycles. The second-order valence-electron chi connectivity index (χ2n) is 4.38. The van der Waals surface area contributed by atoms with E-state index in [-0.39, 0.29) is 29.5 Å². The van der Waals surface area contributed by atoms with Gasteiger partial charge in [0, 0.05) is 6.04 Å². The first-order valence-corrected chi connectivity index (χ1v) is 5.90. The van der Waals surface area contributed by atoms with E-state index in [2.05, 4.69) is 10.5 Å². The van der Waals surface area contributed by atoms with E-state index in [4.69, 9.17) is 10.3 Å². The molecule has 1 aromatic carbocycles. The van der Waals surface area contributed by atoms with Gasteiger partial charge < -0.3 is 20.7 Å². The third kappa shape index (κ3) is 3.71. The van der Waals surface area contributed by atoms with E-state index in [1.54, 1.807) is 13.0 Å². The summed E-state index contributed by atoms with van der Waals surface area (Å²) in [5.74, 6) is -2.06. The van der Waals surface area contributed by atoms with Gasteiger partial charge in [0.2, 0.25) is 0 Å². The van der Waals surface area contributed by atoms with Gasteiger partial charge in [-0.25, -0.2) is 4.79 Å². The lowest BCUT2D eigenvalue weighted by Crippen LogP contribution is -2.37. The van der Waals surface area contributed by atoms with Crippen molar-refractivity contribution in [2.24, 2.45) is 5.16 Å². The normalized spacial score (nSPS) is 12.8. The van der Waals surface area contributed by atoms with E-state index in [1.807, 2.05) is 0 Å². The lowest BCUT2D eigenvalue weighted by atomic mass is 10.0. The zero-order valence-electron chi connectivity index (χ0n) is 11.1. The van der Waals surface area contributed by atoms with Crippen molar-refractivity contribution in [3.05, 3.63) is 29.3 Å². The molecule has 0 aliphatic heterocycles. The van der Waals surface area contributed by atoms with Crippen molar-refractivity contribution < 1.29 is 25.0 Å². The Hall–Kier alpha value is -2.57. The number of phenols is 1. The van der Waals surface area contributed by atoms with E-state index in [9.17, 15) is 14.7 Å². The summed E-state index contributed by atoms with van der Waals surface area (Å²) in [6.45, 7) is 3.04. The molecular formula is C13H16N2O5. The van der Waals surface area contributed by atoms with Crippen LogP contribution in [0.15, 0.2) is 23.4 Å². The number of carboxylic acid groups (broad SMARTS) is 1. The molecule has 1 atom stereocenters. The Balaban J connectivity index is 2.81. The Morgan fingerprint density at radius 2 is 2.05 bits per heavy atom. The Morgan fingerprint density at radius 1 is 1.40 bits per heavy atom. The summed E-state index contributed by atoms with van der Waals surface area (Å²) in [6.07, 6.45) is 0.247. The number of aromatic carboxylic acids is 1. The molecule has 0 spiro atoms. The molecule has 1 amide bonds. The topological polar surface area (TPSA) is 119 Å². The molecule has 1 aromatic rings. The van der Waals surface area contributed by atoms with Crippen molar-refractivity contribution in [1.82, 2.24) is 5.32 Å². The molecule has 108 valence electrons. The standard InChI is InChI=1S/C13H16N2O5/c1-7(14-12(17)8(2)15-20)6-9-4-3-5-10(11(9)16)13(18)19/h3-5,7,16,20H,6H2,1-2H3,(H,14,17)(H,18,19)/b15-8-/t7-/m1/s1. The first-order valence-electron chi connectivity index (χ1n) is 5.90. The number of carboxylic acids is 1. The maximum atomic E-state index is 11.5. The Kier molecular flexibility index (Phi) is 5.08. The van der Waals surface area contributed by atoms with Crippen LogP contribution in [0, 0.1) is 0 Å². The van der Waals surface area contributed by atoms with Crippen LogP contribution in [-0.4, -0.2) is 39.1 Å². The maximum absolute atomic E-state index is 11.5. The third-order valence-corrected chi connectivity index (χ3v) is 2.73. The molecule has 7 nitrogen and oxygen atoms in total. The number of amides is 1. The van der Waals surface area contributed by atoms with Crippen LogP contribution < -0.4 is 5.32 Å². The van der Waals surface area contributed by atoms with Crippen LogP contribution in [0.2, 0.25) is 0 Å². The second kappa shape index (κ2) is 6.55. The number of hydrogen-bond donors (Lipinski definition) is 4. The van der Waals surface area contributed by atoms with E-state index in [0.717, 1.165) is 0 Å². The summed E-state index contributed by atoms with van der Waals surface area (Å²) in [5, 5.41) is 32.6. The van der Waals surface area contributed by atoms with E-state index >= 15 is 0 Å². The molecule has 0 unspecified atom stereocenters. The van der Waals surface area contributed by atoms with Gasteiger partial charge in [0.15, 0.2) is 0 Å². The highest BCUT2D eigenvalue weighted by molar-refractivity contribution is 6.37. The molecule has 0 heterocycles. The lowest BCUT2D eigenvalue weighted by Gasteiger charge is -2.15. The molecule has 0 radical (unpaired) electrons. The van der Waals surface area contributed by atoms with E-state index in [0.29, 0.717) is 5.56 Å². The van der Waals surface area contributed by atoms with Crippen molar-refractivity contribution in [2.75, 3.05) is 0 Å². The summed E-state index contributed by atoms with van der Waals surface area (Å²) in [7, 11) is 0. The average molecular weight is 280 g/mol. The predicted molar refractivity (Wildman–Crippen MR) is 71.3 cm³/mol. The summed E-state index contributed by atoms with van der Waals surface area (Å²) in [6, 6.07) is 4.03. The van der Waals surface area contributed by atoms with Crippen LogP contribution in [0.3, 0.4) is 0 Å². The molecule has 4 N–H and O–H groups in total. The molecule has 20 heavy (non-hydrogen) atoms. The number of benzene rings is 1. The number of rotatable bonds is 5. The number of nitrogens with one attached hydrogen (secondary N) is 1. The van der Waals surface area contributed by atoms with Crippen LogP contribution in [-0.2, 0) is 11.2 Å². The fourth-order valence-corrected chi connectivity index (χ4v) is 1.68. The Morgan fingerprint density at radius 3 is 2.60 bits per heavy atom. The molecule has 0 bridgehead atoms. The van der Waals surface area contributed by atoms with Crippen molar-refractivity contribution in [1.29, 1.82) is 0 Å². The Bertz CT molecular complexity index is 554. The zero-order valence-corrected chi connectivity index (χ0v) is 11.1. The van der Waals surface area contributed by atoms with Gasteiger partial charge in [0.1, 0.15) is 17.0 Å². The molecule has 0 aliphatic rings. The van der Waals surface area contributed by atoms with Gasteiger partial charge in [-0.1, -0.05) is 17.3 Å². The van der Waals surface area contributed by atoms with Crippen molar-refractivity contribution >= 4 is 17.6 Å². The monoisotopic (exact) mass is 280 g/mol. The first kappa shape index (κ1) is 15.5. The minimum atomic E-state index is -1.22. The van der Waals surface area contributed by atoms with Gasteiger partial charge in [-0.2, -0.15) is 0 Å². The summed E-state index contributed by atoms with van der Waals surface area (Å²) in [4.78, 5) is 22.4. The fourth-order valence-electron chi connectivity index (χ4n) is 1.68. The Labute approximate surface area is 115 Å². The number of para-hydroxylation sites is 1. The maximum Gasteiger partial charge on any atom is 0.339 e. The van der Waals surface area contributed by atoms with Gasteiger partial charge >= 0.3 is 5.97 Å². The van der Waals surface area contributed by atoms with E-state index < -0.39 is 11.9 Å². The van der Waals surface area contributed by atoms with Crippen molar-refractivity contribution in [2.45, 2.75) is 26.3 Å². The second-order valence-corrected chi connectivity index (χ2v) is 4.38. The predicted octanol–water partition coefficient (Wildman–Crippen LogP) is 0.988. The molecule has 7 heteroatoms. The number of nitrogens with zero attached hydrogens (tertiary/aromatic N) is 1. The van der Waals surface area contributed by atoms with Crippen LogP contribution in [0.4, 0.5) is 0 Å². The molecule has 1 rings (SSSR count). The fraction of sp³-hybridized carbons (Fsp3) is 0.308.